The summed E-state index contributed by atoms with van der Waals surface area (Å²) >= 11 is 0. The van der Waals surface area contributed by atoms with Crippen LogP contribution in [0.5, 0.6) is 11.5 Å². The van der Waals surface area contributed by atoms with Crippen molar-refractivity contribution in [3.63, 3.8) is 0 Å². The highest BCUT2D eigenvalue weighted by Gasteiger charge is 2.11. The molecule has 0 bridgehead atoms. The minimum absolute atomic E-state index is 0. The Labute approximate surface area is 165 Å². The molecule has 138 valence electrons. The van der Waals surface area contributed by atoms with E-state index in [1.54, 1.807) is 20.4 Å². The van der Waals surface area contributed by atoms with Crippen LogP contribution in [0.2, 0.25) is 0 Å². The lowest BCUT2D eigenvalue weighted by atomic mass is 10.2. The Morgan fingerprint density at radius 2 is 2.08 bits per heavy atom. The number of aromatic nitrogens is 2. The lowest BCUT2D eigenvalue weighted by Gasteiger charge is -2.23. The van der Waals surface area contributed by atoms with E-state index in [9.17, 15) is 0 Å². The van der Waals surface area contributed by atoms with E-state index in [4.69, 9.17) is 9.47 Å². The monoisotopic (exact) mass is 459 g/mol. The van der Waals surface area contributed by atoms with Gasteiger partial charge in [0.2, 0.25) is 0 Å². The molecule has 0 unspecified atom stereocenters. The lowest BCUT2D eigenvalue weighted by Crippen LogP contribution is -2.38. The predicted molar refractivity (Wildman–Crippen MR) is 110 cm³/mol. The molecule has 1 aromatic carbocycles. The first kappa shape index (κ1) is 21.1. The summed E-state index contributed by atoms with van der Waals surface area (Å²) in [6, 6.07) is 7.74. The molecular weight excluding hydrogens is 433 g/mol. The molecule has 2 aromatic rings. The van der Waals surface area contributed by atoms with E-state index in [1.807, 2.05) is 38.2 Å². The Bertz CT molecular complexity index is 661. The molecule has 0 spiro atoms. The van der Waals surface area contributed by atoms with Crippen LogP contribution in [0, 0.1) is 0 Å². The van der Waals surface area contributed by atoms with Crippen molar-refractivity contribution in [3.8, 4) is 11.5 Å². The highest BCUT2D eigenvalue weighted by molar-refractivity contribution is 14.0. The minimum Gasteiger partial charge on any atom is -0.497 e. The first-order valence-electron chi connectivity index (χ1n) is 7.86. The van der Waals surface area contributed by atoms with E-state index in [0.29, 0.717) is 13.1 Å². The Hall–Kier alpha value is -1.97. The molecule has 0 aliphatic rings. The summed E-state index contributed by atoms with van der Waals surface area (Å²) in [7, 11) is 5.31. The molecule has 0 saturated heterocycles. The average molecular weight is 459 g/mol. The number of rotatable bonds is 7. The van der Waals surface area contributed by atoms with Crippen LogP contribution >= 0.6 is 24.0 Å². The molecule has 7 nitrogen and oxygen atoms in total. The number of nitrogens with zero attached hydrogens (tertiary/aromatic N) is 3. The number of ether oxygens (including phenoxy) is 2. The summed E-state index contributed by atoms with van der Waals surface area (Å²) in [5.74, 6) is 2.40. The van der Waals surface area contributed by atoms with Gasteiger partial charge in [0.15, 0.2) is 5.96 Å². The highest BCUT2D eigenvalue weighted by atomic mass is 127. The van der Waals surface area contributed by atoms with Crippen LogP contribution < -0.4 is 14.8 Å². The molecule has 0 radical (unpaired) electrons. The third kappa shape index (κ3) is 6.11. The molecule has 2 rings (SSSR count). The van der Waals surface area contributed by atoms with Gasteiger partial charge in [0, 0.05) is 38.0 Å². The van der Waals surface area contributed by atoms with E-state index in [2.05, 4.69) is 25.4 Å². The summed E-state index contributed by atoms with van der Waals surface area (Å²) in [4.78, 5) is 6.70. The van der Waals surface area contributed by atoms with Gasteiger partial charge in [0.1, 0.15) is 11.5 Å². The third-order valence-electron chi connectivity index (χ3n) is 3.56. The molecule has 25 heavy (non-hydrogen) atoms. The average Bonchev–Trinajstić information content (AvgIpc) is 3.12. The van der Waals surface area contributed by atoms with Crippen molar-refractivity contribution in [2.75, 3.05) is 27.8 Å². The quantitative estimate of drug-likeness (QED) is 0.379. The van der Waals surface area contributed by atoms with Gasteiger partial charge in [-0.2, -0.15) is 5.10 Å². The van der Waals surface area contributed by atoms with Gasteiger partial charge in [-0.25, -0.2) is 4.99 Å². The normalized spacial score (nSPS) is 10.8. The molecule has 8 heteroatoms. The van der Waals surface area contributed by atoms with E-state index in [-0.39, 0.29) is 24.0 Å². The smallest absolute Gasteiger partial charge is 0.194 e. The maximum absolute atomic E-state index is 5.47. The molecule has 0 saturated carbocycles. The molecule has 2 N–H and O–H groups in total. The summed E-state index contributed by atoms with van der Waals surface area (Å²) in [6.07, 6.45) is 1.73. The second-order valence-electron chi connectivity index (χ2n) is 5.29. The minimum atomic E-state index is 0. The summed E-state index contributed by atoms with van der Waals surface area (Å²) in [5, 5.41) is 10.2. The molecule has 0 aliphatic carbocycles. The van der Waals surface area contributed by atoms with Gasteiger partial charge < -0.3 is 19.7 Å². The topological polar surface area (TPSA) is 74.8 Å². The van der Waals surface area contributed by atoms with E-state index in [0.717, 1.165) is 35.3 Å². The zero-order valence-electron chi connectivity index (χ0n) is 15.1. The summed E-state index contributed by atoms with van der Waals surface area (Å²) in [6.45, 7) is 4.06. The second kappa shape index (κ2) is 10.8. The number of aromatic amines is 1. The van der Waals surface area contributed by atoms with Gasteiger partial charge in [-0.3, -0.25) is 5.10 Å². The van der Waals surface area contributed by atoms with Crippen LogP contribution in [-0.4, -0.2) is 48.9 Å². The second-order valence-corrected chi connectivity index (χ2v) is 5.29. The van der Waals surface area contributed by atoms with Crippen molar-refractivity contribution in [2.24, 2.45) is 4.99 Å². The van der Waals surface area contributed by atoms with Crippen LogP contribution in [0.15, 0.2) is 35.5 Å². The third-order valence-corrected chi connectivity index (χ3v) is 3.56. The maximum atomic E-state index is 5.47. The molecule has 1 aromatic heterocycles. The first-order chi connectivity index (χ1) is 11.7. The van der Waals surface area contributed by atoms with Gasteiger partial charge in [0.25, 0.3) is 0 Å². The Balaban J connectivity index is 0.00000312. The first-order valence-corrected chi connectivity index (χ1v) is 7.86. The molecule has 0 aliphatic heterocycles. The number of H-pyrrole nitrogens is 1. The van der Waals surface area contributed by atoms with E-state index >= 15 is 0 Å². The number of hydrogen-bond donors (Lipinski definition) is 2. The summed E-state index contributed by atoms with van der Waals surface area (Å²) in [5.41, 5.74) is 2.04. The molecule has 1 heterocycles. The van der Waals surface area contributed by atoms with Gasteiger partial charge in [-0.05, 0) is 25.1 Å². The number of guanidine groups is 1. The molecule has 0 amide bonds. The van der Waals surface area contributed by atoms with Gasteiger partial charge in [0.05, 0.1) is 26.5 Å². The SMILES string of the molecule is CCNC(=NCc1ccn[nH]1)N(C)Cc1ccc(OC)cc1OC.I. The number of nitrogens with one attached hydrogen (secondary N) is 2. The van der Waals surface area contributed by atoms with Crippen molar-refractivity contribution in [1.82, 2.24) is 20.4 Å². The van der Waals surface area contributed by atoms with Crippen molar-refractivity contribution in [3.05, 3.63) is 41.7 Å². The maximum Gasteiger partial charge on any atom is 0.194 e. The Morgan fingerprint density at radius 3 is 2.68 bits per heavy atom. The van der Waals surface area contributed by atoms with Gasteiger partial charge in [-0.1, -0.05) is 0 Å². The predicted octanol–water partition coefficient (Wildman–Crippen LogP) is 2.64. The number of hydrogen-bond acceptors (Lipinski definition) is 4. The zero-order valence-corrected chi connectivity index (χ0v) is 17.4. The molecule has 0 atom stereocenters. The fourth-order valence-electron chi connectivity index (χ4n) is 2.32. The number of benzene rings is 1. The fraction of sp³-hybridized carbons (Fsp3) is 0.412. The van der Waals surface area contributed by atoms with Crippen LogP contribution in [-0.2, 0) is 13.1 Å². The van der Waals surface area contributed by atoms with Gasteiger partial charge >= 0.3 is 0 Å². The van der Waals surface area contributed by atoms with Crippen LogP contribution in [0.25, 0.3) is 0 Å². The largest absolute Gasteiger partial charge is 0.497 e. The van der Waals surface area contributed by atoms with Gasteiger partial charge in [-0.15, -0.1) is 24.0 Å². The van der Waals surface area contributed by atoms with E-state index < -0.39 is 0 Å². The van der Waals surface area contributed by atoms with Crippen molar-refractivity contribution >= 4 is 29.9 Å². The molecule has 0 fully saturated rings. The van der Waals surface area contributed by atoms with Crippen molar-refractivity contribution in [2.45, 2.75) is 20.0 Å². The highest BCUT2D eigenvalue weighted by Crippen LogP contribution is 2.25. The molecular formula is C17H26IN5O2. The van der Waals surface area contributed by atoms with E-state index in [1.165, 1.54) is 0 Å². The number of halogens is 1. The standard InChI is InChI=1S/C17H25N5O2.HI/c1-5-18-17(19-11-14-8-9-20-21-14)22(2)12-13-6-7-15(23-3)10-16(13)24-4;/h6-10H,5,11-12H2,1-4H3,(H,18,19)(H,20,21);1H. The van der Waals surface area contributed by atoms with Crippen molar-refractivity contribution in [1.29, 1.82) is 0 Å². The summed E-state index contributed by atoms with van der Waals surface area (Å²) < 4.78 is 10.7. The van der Waals surface area contributed by atoms with Crippen LogP contribution in [0.4, 0.5) is 0 Å². The lowest BCUT2D eigenvalue weighted by molar-refractivity contribution is 0.382. The fourth-order valence-corrected chi connectivity index (χ4v) is 2.32. The zero-order chi connectivity index (χ0) is 17.4. The van der Waals surface area contributed by atoms with Crippen LogP contribution in [0.3, 0.4) is 0 Å². The Kier molecular flexibility index (Phi) is 9.11. The number of aliphatic imine (C=N–C) groups is 1. The number of methoxy groups -OCH3 is 2. The Morgan fingerprint density at radius 1 is 1.28 bits per heavy atom. The van der Waals surface area contributed by atoms with Crippen molar-refractivity contribution < 1.29 is 9.47 Å². The van der Waals surface area contributed by atoms with Crippen LogP contribution in [0.1, 0.15) is 18.2 Å².